The fraction of sp³-hybridized carbons (Fsp3) is 0.188. The molecular weight excluding hydrogens is 382 g/mol. The van der Waals surface area contributed by atoms with Crippen LogP contribution in [0.15, 0.2) is 42.5 Å². The summed E-state index contributed by atoms with van der Waals surface area (Å²) >= 11 is 13.0. The van der Waals surface area contributed by atoms with Crippen molar-refractivity contribution in [3.05, 3.63) is 63.6 Å². The molecule has 8 heteroatoms. The third kappa shape index (κ3) is 5.61. The Kier molecular flexibility index (Phi) is 6.43. The van der Waals surface area contributed by atoms with Crippen LogP contribution in [0.25, 0.3) is 0 Å². The van der Waals surface area contributed by atoms with E-state index >= 15 is 0 Å². The van der Waals surface area contributed by atoms with Crippen molar-refractivity contribution in [2.24, 2.45) is 0 Å². The van der Waals surface area contributed by atoms with Crippen LogP contribution in [-0.2, 0) is 16.7 Å². The molecule has 0 aliphatic carbocycles. The Balaban J connectivity index is 1.86. The highest BCUT2D eigenvalue weighted by atomic mass is 35.5. The van der Waals surface area contributed by atoms with Crippen LogP contribution in [0.4, 0.5) is 18.9 Å². The van der Waals surface area contributed by atoms with Crippen LogP contribution in [0.5, 0.6) is 0 Å². The molecule has 0 fully saturated rings. The van der Waals surface area contributed by atoms with Gasteiger partial charge in [-0.3, -0.25) is 4.79 Å². The summed E-state index contributed by atoms with van der Waals surface area (Å²) in [4.78, 5) is 11.8. The molecule has 2 aromatic rings. The number of carbonyl (C=O) groups excluding carboxylic acids is 1. The van der Waals surface area contributed by atoms with Gasteiger partial charge in [-0.05, 0) is 35.9 Å². The van der Waals surface area contributed by atoms with Gasteiger partial charge in [0.15, 0.2) is 0 Å². The molecule has 0 aliphatic rings. The van der Waals surface area contributed by atoms with E-state index in [2.05, 4.69) is 5.32 Å². The number of rotatable bonds is 5. The number of halogens is 5. The maximum Gasteiger partial charge on any atom is 0.416 e. The molecule has 0 aliphatic heterocycles. The predicted molar refractivity (Wildman–Crippen MR) is 92.7 cm³/mol. The van der Waals surface area contributed by atoms with Gasteiger partial charge in [-0.15, -0.1) is 11.8 Å². The normalized spacial score (nSPS) is 11.4. The molecule has 2 aromatic carbocycles. The zero-order valence-corrected chi connectivity index (χ0v) is 14.5. The number of alkyl halides is 3. The van der Waals surface area contributed by atoms with E-state index in [4.69, 9.17) is 23.2 Å². The van der Waals surface area contributed by atoms with Crippen molar-refractivity contribution in [3.63, 3.8) is 0 Å². The standard InChI is InChI=1S/C16H12Cl2F3NOS/c17-13-5-4-10(6-14(13)18)8-24-9-15(23)22-12-3-1-2-11(7-12)16(19,20)21/h1-7H,8-9H2,(H,22,23). The molecule has 0 radical (unpaired) electrons. The Bertz CT molecular complexity index is 738. The van der Waals surface area contributed by atoms with Crippen molar-refractivity contribution in [2.75, 3.05) is 11.1 Å². The van der Waals surface area contributed by atoms with Crippen molar-refractivity contribution < 1.29 is 18.0 Å². The van der Waals surface area contributed by atoms with Crippen LogP contribution < -0.4 is 5.32 Å². The minimum absolute atomic E-state index is 0.108. The maximum absolute atomic E-state index is 12.6. The number of nitrogens with one attached hydrogen (secondary N) is 1. The zero-order valence-electron chi connectivity index (χ0n) is 12.2. The first-order chi connectivity index (χ1) is 11.3. The van der Waals surface area contributed by atoms with E-state index in [1.54, 1.807) is 18.2 Å². The highest BCUT2D eigenvalue weighted by Crippen LogP contribution is 2.30. The van der Waals surface area contributed by atoms with E-state index in [9.17, 15) is 18.0 Å². The zero-order chi connectivity index (χ0) is 17.7. The molecule has 1 N–H and O–H groups in total. The Morgan fingerprint density at radius 3 is 2.50 bits per heavy atom. The Morgan fingerprint density at radius 1 is 1.08 bits per heavy atom. The number of hydrogen-bond acceptors (Lipinski definition) is 2. The topological polar surface area (TPSA) is 29.1 Å². The number of anilines is 1. The van der Waals surface area contributed by atoms with Gasteiger partial charge in [0, 0.05) is 11.4 Å². The third-order valence-electron chi connectivity index (χ3n) is 2.96. The fourth-order valence-corrected chi connectivity index (χ4v) is 2.96. The molecule has 0 bridgehead atoms. The van der Waals surface area contributed by atoms with Crippen LogP contribution in [0.2, 0.25) is 10.0 Å². The van der Waals surface area contributed by atoms with Gasteiger partial charge >= 0.3 is 6.18 Å². The minimum atomic E-state index is -4.44. The average molecular weight is 394 g/mol. The first-order valence-corrected chi connectivity index (χ1v) is 8.65. The van der Waals surface area contributed by atoms with Crippen molar-refractivity contribution in [2.45, 2.75) is 11.9 Å². The lowest BCUT2D eigenvalue weighted by atomic mass is 10.2. The molecule has 2 rings (SSSR count). The molecule has 2 nitrogen and oxygen atoms in total. The highest BCUT2D eigenvalue weighted by Gasteiger charge is 2.30. The van der Waals surface area contributed by atoms with Gasteiger partial charge in [0.25, 0.3) is 0 Å². The van der Waals surface area contributed by atoms with E-state index in [-0.39, 0.29) is 17.3 Å². The van der Waals surface area contributed by atoms with Gasteiger partial charge in [-0.25, -0.2) is 0 Å². The predicted octanol–water partition coefficient (Wildman–Crippen LogP) is 5.88. The monoisotopic (exact) mass is 393 g/mol. The molecule has 0 saturated carbocycles. The van der Waals surface area contributed by atoms with Crippen molar-refractivity contribution in [1.82, 2.24) is 0 Å². The third-order valence-corrected chi connectivity index (χ3v) is 4.70. The van der Waals surface area contributed by atoms with Crippen molar-refractivity contribution in [3.8, 4) is 0 Å². The second kappa shape index (κ2) is 8.14. The summed E-state index contributed by atoms with van der Waals surface area (Å²) in [5.41, 5.74) is 0.218. The molecule has 128 valence electrons. The SMILES string of the molecule is O=C(CSCc1ccc(Cl)c(Cl)c1)Nc1cccc(C(F)(F)F)c1. The number of amides is 1. The van der Waals surface area contributed by atoms with E-state index in [1.807, 2.05) is 0 Å². The van der Waals surface area contributed by atoms with Crippen molar-refractivity contribution >= 4 is 46.6 Å². The Labute approximate surface area is 151 Å². The maximum atomic E-state index is 12.6. The van der Waals surface area contributed by atoms with E-state index in [1.165, 1.54) is 23.9 Å². The lowest BCUT2D eigenvalue weighted by Crippen LogP contribution is -2.15. The molecule has 0 spiro atoms. The second-order valence-corrected chi connectivity index (χ2v) is 6.67. The summed E-state index contributed by atoms with van der Waals surface area (Å²) in [5, 5.41) is 3.34. The molecule has 0 atom stereocenters. The molecule has 0 unspecified atom stereocenters. The summed E-state index contributed by atoms with van der Waals surface area (Å²) in [5.74, 6) is 0.267. The summed E-state index contributed by atoms with van der Waals surface area (Å²) in [7, 11) is 0. The van der Waals surface area contributed by atoms with E-state index < -0.39 is 11.7 Å². The molecule has 1 amide bonds. The summed E-state index contributed by atoms with van der Waals surface area (Å²) in [6, 6.07) is 9.70. The fourth-order valence-electron chi connectivity index (χ4n) is 1.86. The number of thioether (sulfide) groups is 1. The Hall–Kier alpha value is -1.37. The molecule has 24 heavy (non-hydrogen) atoms. The van der Waals surface area contributed by atoms with Gasteiger partial charge in [0.05, 0.1) is 21.4 Å². The van der Waals surface area contributed by atoms with Crippen molar-refractivity contribution in [1.29, 1.82) is 0 Å². The summed E-state index contributed by atoms with van der Waals surface area (Å²) < 4.78 is 37.9. The van der Waals surface area contributed by atoms with Crippen LogP contribution >= 0.6 is 35.0 Å². The van der Waals surface area contributed by atoms with Gasteiger partial charge in [0.1, 0.15) is 0 Å². The van der Waals surface area contributed by atoms with Gasteiger partial charge < -0.3 is 5.32 Å². The van der Waals surface area contributed by atoms with E-state index in [0.717, 1.165) is 17.7 Å². The average Bonchev–Trinajstić information content (AvgIpc) is 2.50. The largest absolute Gasteiger partial charge is 0.416 e. The lowest BCUT2D eigenvalue weighted by Gasteiger charge is -2.10. The van der Waals surface area contributed by atoms with Gasteiger partial charge in [-0.2, -0.15) is 13.2 Å². The number of carbonyl (C=O) groups is 1. The minimum Gasteiger partial charge on any atom is -0.325 e. The summed E-state index contributed by atoms with van der Waals surface area (Å²) in [6.45, 7) is 0. The molecular formula is C16H12Cl2F3NOS. The van der Waals surface area contributed by atoms with Crippen LogP contribution in [0.1, 0.15) is 11.1 Å². The molecule has 0 heterocycles. The molecule has 0 aromatic heterocycles. The summed E-state index contributed by atoms with van der Waals surface area (Å²) in [6.07, 6.45) is -4.44. The smallest absolute Gasteiger partial charge is 0.325 e. The van der Waals surface area contributed by atoms with Gasteiger partial charge in [-0.1, -0.05) is 35.3 Å². The molecule has 0 saturated heterocycles. The number of hydrogen-bond donors (Lipinski definition) is 1. The number of benzene rings is 2. The quantitative estimate of drug-likeness (QED) is 0.686. The second-order valence-electron chi connectivity index (χ2n) is 4.87. The first kappa shape index (κ1) is 19.0. The van der Waals surface area contributed by atoms with Gasteiger partial charge in [0.2, 0.25) is 5.91 Å². The lowest BCUT2D eigenvalue weighted by molar-refractivity contribution is -0.137. The highest BCUT2D eigenvalue weighted by molar-refractivity contribution is 7.99. The van der Waals surface area contributed by atoms with Crippen LogP contribution in [-0.4, -0.2) is 11.7 Å². The Morgan fingerprint density at radius 2 is 1.83 bits per heavy atom. The van der Waals surface area contributed by atoms with Crippen LogP contribution in [0.3, 0.4) is 0 Å². The first-order valence-electron chi connectivity index (χ1n) is 6.74. The van der Waals surface area contributed by atoms with E-state index in [0.29, 0.717) is 15.8 Å². The van der Waals surface area contributed by atoms with Crippen LogP contribution in [0, 0.1) is 0 Å².